The molecule has 64 valence electrons. The zero-order chi connectivity index (χ0) is 8.27. The first-order chi connectivity index (χ1) is 5.26. The summed E-state index contributed by atoms with van der Waals surface area (Å²) in [5.74, 6) is 0. The van der Waals surface area contributed by atoms with Crippen molar-refractivity contribution < 1.29 is 0 Å². The third-order valence-electron chi connectivity index (χ3n) is 2.11. The fourth-order valence-corrected chi connectivity index (χ4v) is 1.46. The first kappa shape index (κ1) is 8.60. The van der Waals surface area contributed by atoms with Crippen LogP contribution in [0.25, 0.3) is 0 Å². The lowest BCUT2D eigenvalue weighted by Gasteiger charge is -2.33. The predicted molar refractivity (Wildman–Crippen MR) is 48.3 cm³/mol. The Kier molecular flexibility index (Phi) is 2.94. The van der Waals surface area contributed by atoms with Gasteiger partial charge < -0.3 is 4.90 Å². The Morgan fingerprint density at radius 1 is 1.36 bits per heavy atom. The molecule has 0 saturated heterocycles. The highest BCUT2D eigenvalue weighted by Gasteiger charge is 2.11. The molecule has 1 heterocycles. The molecule has 2 nitrogen and oxygen atoms in total. The molecule has 0 aromatic rings. The molecule has 0 bridgehead atoms. The molecule has 0 aromatic carbocycles. The molecule has 1 aliphatic heterocycles. The van der Waals surface area contributed by atoms with E-state index < -0.39 is 0 Å². The van der Waals surface area contributed by atoms with E-state index in [4.69, 9.17) is 0 Å². The number of hydrogen-bond acceptors (Lipinski definition) is 2. The van der Waals surface area contributed by atoms with Gasteiger partial charge in [0.25, 0.3) is 0 Å². The Morgan fingerprint density at radius 2 is 2.09 bits per heavy atom. The van der Waals surface area contributed by atoms with Crippen molar-refractivity contribution in [3.63, 3.8) is 0 Å². The molecule has 0 N–H and O–H groups in total. The first-order valence-electron chi connectivity index (χ1n) is 4.40. The van der Waals surface area contributed by atoms with Crippen LogP contribution in [0.3, 0.4) is 0 Å². The van der Waals surface area contributed by atoms with Gasteiger partial charge in [0.2, 0.25) is 0 Å². The summed E-state index contributed by atoms with van der Waals surface area (Å²) in [6.07, 6.45) is 2.27. The van der Waals surface area contributed by atoms with Gasteiger partial charge in [-0.15, -0.1) is 0 Å². The highest BCUT2D eigenvalue weighted by Crippen LogP contribution is 2.08. The van der Waals surface area contributed by atoms with Crippen LogP contribution in [-0.2, 0) is 0 Å². The van der Waals surface area contributed by atoms with E-state index >= 15 is 0 Å². The molecule has 0 saturated carbocycles. The summed E-state index contributed by atoms with van der Waals surface area (Å²) in [6.45, 7) is 11.1. The van der Waals surface area contributed by atoms with E-state index in [0.29, 0.717) is 0 Å². The van der Waals surface area contributed by atoms with Crippen LogP contribution in [0.5, 0.6) is 0 Å². The van der Waals surface area contributed by atoms with Crippen molar-refractivity contribution in [2.24, 2.45) is 0 Å². The van der Waals surface area contributed by atoms with Crippen molar-refractivity contribution in [1.82, 2.24) is 9.80 Å². The fraction of sp³-hybridized carbons (Fsp3) is 0.778. The lowest BCUT2D eigenvalue weighted by atomic mass is 10.2. The van der Waals surface area contributed by atoms with Crippen molar-refractivity contribution in [3.8, 4) is 0 Å². The standard InChI is InChI=1S/C9H18N2/c1-4-10-6-9(3)7-11(5-2)8-10/h6H,4-5,7-8H2,1-3H3. The maximum Gasteiger partial charge on any atom is 0.0704 e. The normalized spacial score (nSPS) is 20.3. The molecule has 0 fully saturated rings. The average Bonchev–Trinajstić information content (AvgIpc) is 2.03. The molecule has 0 atom stereocenters. The van der Waals surface area contributed by atoms with E-state index in [9.17, 15) is 0 Å². The smallest absolute Gasteiger partial charge is 0.0704 e. The Bertz CT molecular complexity index is 152. The van der Waals surface area contributed by atoms with E-state index in [1.54, 1.807) is 0 Å². The molecule has 0 aliphatic carbocycles. The van der Waals surface area contributed by atoms with Gasteiger partial charge in [0.05, 0.1) is 6.67 Å². The van der Waals surface area contributed by atoms with E-state index in [2.05, 4.69) is 36.8 Å². The van der Waals surface area contributed by atoms with Crippen molar-refractivity contribution in [2.45, 2.75) is 20.8 Å². The molecule has 2 heteroatoms. The van der Waals surface area contributed by atoms with Crippen LogP contribution >= 0.6 is 0 Å². The predicted octanol–water partition coefficient (Wildman–Crippen LogP) is 1.51. The van der Waals surface area contributed by atoms with Crippen LogP contribution < -0.4 is 0 Å². The number of rotatable bonds is 2. The van der Waals surface area contributed by atoms with Crippen molar-refractivity contribution in [2.75, 3.05) is 26.3 Å². The van der Waals surface area contributed by atoms with E-state index in [0.717, 1.165) is 26.3 Å². The first-order valence-corrected chi connectivity index (χ1v) is 4.40. The monoisotopic (exact) mass is 154 g/mol. The van der Waals surface area contributed by atoms with Crippen LogP contribution in [0.1, 0.15) is 20.8 Å². The van der Waals surface area contributed by atoms with E-state index in [1.807, 2.05) is 0 Å². The van der Waals surface area contributed by atoms with E-state index in [1.165, 1.54) is 5.57 Å². The van der Waals surface area contributed by atoms with Gasteiger partial charge >= 0.3 is 0 Å². The van der Waals surface area contributed by atoms with Gasteiger partial charge in [0, 0.05) is 19.3 Å². The number of hydrogen-bond donors (Lipinski definition) is 0. The topological polar surface area (TPSA) is 6.48 Å². The number of likely N-dealkylation sites (N-methyl/N-ethyl adjacent to an activating group) is 1. The van der Waals surface area contributed by atoms with Crippen molar-refractivity contribution in [3.05, 3.63) is 11.8 Å². The summed E-state index contributed by atoms with van der Waals surface area (Å²) in [6, 6.07) is 0. The Balaban J connectivity index is 2.53. The van der Waals surface area contributed by atoms with Gasteiger partial charge in [-0.3, -0.25) is 4.90 Å². The van der Waals surface area contributed by atoms with Crippen molar-refractivity contribution in [1.29, 1.82) is 0 Å². The highest BCUT2D eigenvalue weighted by atomic mass is 15.3. The Hall–Kier alpha value is -0.500. The lowest BCUT2D eigenvalue weighted by molar-refractivity contribution is 0.175. The molecule has 0 spiro atoms. The summed E-state index contributed by atoms with van der Waals surface area (Å²) in [4.78, 5) is 4.79. The average molecular weight is 154 g/mol. The van der Waals surface area contributed by atoms with Crippen LogP contribution in [0, 0.1) is 0 Å². The summed E-state index contributed by atoms with van der Waals surface area (Å²) in [5.41, 5.74) is 1.47. The molecule has 0 radical (unpaired) electrons. The molecular weight excluding hydrogens is 136 g/mol. The van der Waals surface area contributed by atoms with Gasteiger partial charge in [-0.05, 0) is 26.0 Å². The lowest BCUT2D eigenvalue weighted by Crippen LogP contribution is -2.39. The minimum atomic E-state index is 1.10. The quantitative estimate of drug-likeness (QED) is 0.595. The molecule has 1 rings (SSSR count). The van der Waals surface area contributed by atoms with Gasteiger partial charge in [-0.1, -0.05) is 6.92 Å². The zero-order valence-electron chi connectivity index (χ0n) is 7.80. The summed E-state index contributed by atoms with van der Waals surface area (Å²) in [7, 11) is 0. The third-order valence-corrected chi connectivity index (χ3v) is 2.11. The van der Waals surface area contributed by atoms with Crippen LogP contribution in [-0.4, -0.2) is 36.1 Å². The molecule has 0 unspecified atom stereocenters. The second-order valence-corrected chi connectivity index (χ2v) is 3.17. The highest BCUT2D eigenvalue weighted by molar-refractivity contribution is 5.03. The van der Waals surface area contributed by atoms with Crippen LogP contribution in [0.15, 0.2) is 11.8 Å². The molecule has 11 heavy (non-hydrogen) atoms. The second kappa shape index (κ2) is 3.77. The van der Waals surface area contributed by atoms with Gasteiger partial charge in [0.1, 0.15) is 0 Å². The fourth-order valence-electron chi connectivity index (χ4n) is 1.46. The van der Waals surface area contributed by atoms with Crippen LogP contribution in [0.2, 0.25) is 0 Å². The van der Waals surface area contributed by atoms with Gasteiger partial charge in [-0.25, -0.2) is 0 Å². The SMILES string of the molecule is CCN1C=C(C)CN(CC)C1. The Labute approximate surface area is 69.5 Å². The molecule has 1 aliphatic rings. The molecular formula is C9H18N2. The van der Waals surface area contributed by atoms with Gasteiger partial charge in [-0.2, -0.15) is 0 Å². The minimum absolute atomic E-state index is 1.10. The summed E-state index contributed by atoms with van der Waals surface area (Å²) < 4.78 is 0. The van der Waals surface area contributed by atoms with Crippen molar-refractivity contribution >= 4 is 0 Å². The maximum atomic E-state index is 2.44. The molecule has 0 aromatic heterocycles. The second-order valence-electron chi connectivity index (χ2n) is 3.17. The zero-order valence-corrected chi connectivity index (χ0v) is 7.80. The molecule has 0 amide bonds. The minimum Gasteiger partial charge on any atom is -0.365 e. The largest absolute Gasteiger partial charge is 0.365 e. The summed E-state index contributed by atoms with van der Waals surface area (Å²) in [5, 5.41) is 0. The maximum absolute atomic E-state index is 2.44. The van der Waals surface area contributed by atoms with Crippen LogP contribution in [0.4, 0.5) is 0 Å². The van der Waals surface area contributed by atoms with Gasteiger partial charge in [0.15, 0.2) is 0 Å². The third kappa shape index (κ3) is 2.22. The van der Waals surface area contributed by atoms with E-state index in [-0.39, 0.29) is 0 Å². The number of nitrogens with zero attached hydrogens (tertiary/aromatic N) is 2. The summed E-state index contributed by atoms with van der Waals surface area (Å²) >= 11 is 0. The Morgan fingerprint density at radius 3 is 2.64 bits per heavy atom.